The van der Waals surface area contributed by atoms with Crippen LogP contribution in [-0.4, -0.2) is 29.1 Å². The average Bonchev–Trinajstić information content (AvgIpc) is 2.69. The molecule has 5 heteroatoms. The predicted octanol–water partition coefficient (Wildman–Crippen LogP) is 0.497. The van der Waals surface area contributed by atoms with Crippen LogP contribution in [0.1, 0.15) is 16.0 Å². The summed E-state index contributed by atoms with van der Waals surface area (Å²) in [6.45, 7) is 0.685. The molecule has 0 saturated carbocycles. The van der Waals surface area contributed by atoms with Crippen LogP contribution in [0.3, 0.4) is 0 Å². The third kappa shape index (κ3) is 1.74. The number of hydrogen-bond donors (Lipinski definition) is 1. The van der Waals surface area contributed by atoms with Crippen molar-refractivity contribution in [1.29, 1.82) is 5.26 Å². The highest BCUT2D eigenvalue weighted by molar-refractivity contribution is 7.10. The van der Waals surface area contributed by atoms with Crippen LogP contribution in [0.15, 0.2) is 5.38 Å². The summed E-state index contributed by atoms with van der Waals surface area (Å²) in [5, 5.41) is 19.4. The van der Waals surface area contributed by atoms with Crippen molar-refractivity contribution in [3.8, 4) is 6.07 Å². The normalized spacial score (nSPS) is 14.5. The number of rotatable bonds is 1. The molecule has 0 unspecified atom stereocenters. The van der Waals surface area contributed by atoms with E-state index in [2.05, 4.69) is 6.07 Å². The topological polar surface area (TPSA) is 64.3 Å². The van der Waals surface area contributed by atoms with Gasteiger partial charge in [-0.3, -0.25) is 4.79 Å². The maximum Gasteiger partial charge on any atom is 0.248 e. The van der Waals surface area contributed by atoms with Crippen LogP contribution in [-0.2, 0) is 17.8 Å². The summed E-state index contributed by atoms with van der Waals surface area (Å²) < 4.78 is 0. The van der Waals surface area contributed by atoms with Crippen LogP contribution in [0.4, 0.5) is 0 Å². The lowest BCUT2D eigenvalue weighted by Gasteiger charge is -2.26. The lowest BCUT2D eigenvalue weighted by Crippen LogP contribution is -2.37. The lowest BCUT2D eigenvalue weighted by atomic mass is 10.0. The van der Waals surface area contributed by atoms with E-state index in [4.69, 9.17) is 10.4 Å². The van der Waals surface area contributed by atoms with Crippen molar-refractivity contribution in [3.63, 3.8) is 0 Å². The molecular weight excluding hydrogens is 212 g/mol. The number of aliphatic hydroxyl groups is 1. The minimum absolute atomic E-state index is 0.243. The molecule has 2 rings (SSSR count). The van der Waals surface area contributed by atoms with Gasteiger partial charge in [-0.05, 0) is 12.0 Å². The molecule has 0 aromatic carbocycles. The third-order valence-electron chi connectivity index (χ3n) is 2.56. The lowest BCUT2D eigenvalue weighted by molar-refractivity contribution is -0.135. The molecule has 0 radical (unpaired) electrons. The molecule has 2 heterocycles. The van der Waals surface area contributed by atoms with Gasteiger partial charge in [0.15, 0.2) is 0 Å². The van der Waals surface area contributed by atoms with Crippen molar-refractivity contribution in [1.82, 2.24) is 4.90 Å². The number of fused-ring (bicyclic) bond motifs is 1. The Morgan fingerprint density at radius 2 is 2.53 bits per heavy atom. The Kier molecular flexibility index (Phi) is 2.71. The van der Waals surface area contributed by atoms with E-state index in [-0.39, 0.29) is 5.91 Å². The second-order valence-electron chi connectivity index (χ2n) is 3.39. The average molecular weight is 222 g/mol. The van der Waals surface area contributed by atoms with Crippen molar-refractivity contribution < 1.29 is 9.90 Å². The largest absolute Gasteiger partial charge is 0.387 e. The highest BCUT2D eigenvalue weighted by Gasteiger charge is 2.23. The number of amides is 1. The van der Waals surface area contributed by atoms with Gasteiger partial charge in [0.05, 0.1) is 12.1 Å². The van der Waals surface area contributed by atoms with E-state index in [1.165, 1.54) is 11.3 Å². The fourth-order valence-electron chi connectivity index (χ4n) is 1.74. The number of nitrogens with zero attached hydrogens (tertiary/aromatic N) is 2. The van der Waals surface area contributed by atoms with Gasteiger partial charge in [0.25, 0.3) is 0 Å². The molecule has 1 aliphatic heterocycles. The van der Waals surface area contributed by atoms with Crippen molar-refractivity contribution in [2.45, 2.75) is 13.0 Å². The molecule has 78 valence electrons. The third-order valence-corrected chi connectivity index (χ3v) is 3.57. The van der Waals surface area contributed by atoms with Crippen molar-refractivity contribution in [3.05, 3.63) is 21.4 Å². The zero-order valence-corrected chi connectivity index (χ0v) is 8.88. The summed E-state index contributed by atoms with van der Waals surface area (Å²) in [6.07, 6.45) is 0.716. The van der Waals surface area contributed by atoms with Crippen LogP contribution >= 0.6 is 11.3 Å². The van der Waals surface area contributed by atoms with Crippen LogP contribution in [0.5, 0.6) is 0 Å². The molecule has 1 N–H and O–H groups in total. The number of thiophene rings is 1. The summed E-state index contributed by atoms with van der Waals surface area (Å²) in [4.78, 5) is 14.0. The standard InChI is InChI=1S/C10H10N2O2S/c11-3-7-6-15-9-4-12(10(14)5-13)2-1-8(7)9/h6,13H,1-2,4-5H2. The van der Waals surface area contributed by atoms with Gasteiger partial charge in [-0.2, -0.15) is 5.26 Å². The molecule has 15 heavy (non-hydrogen) atoms. The van der Waals surface area contributed by atoms with Crippen molar-refractivity contribution >= 4 is 17.2 Å². The first-order valence-electron chi connectivity index (χ1n) is 4.64. The summed E-state index contributed by atoms with van der Waals surface area (Å²) in [5.74, 6) is -0.243. The summed E-state index contributed by atoms with van der Waals surface area (Å²) in [6, 6.07) is 2.15. The molecular formula is C10H10N2O2S. The maximum absolute atomic E-state index is 11.3. The Bertz CT molecular complexity index is 433. The Morgan fingerprint density at radius 1 is 1.73 bits per heavy atom. The van der Waals surface area contributed by atoms with Crippen LogP contribution in [0, 0.1) is 11.3 Å². The highest BCUT2D eigenvalue weighted by Crippen LogP contribution is 2.27. The molecule has 0 spiro atoms. The molecule has 4 nitrogen and oxygen atoms in total. The van der Waals surface area contributed by atoms with E-state index < -0.39 is 6.61 Å². The quantitative estimate of drug-likeness (QED) is 0.752. The van der Waals surface area contributed by atoms with Gasteiger partial charge in [0, 0.05) is 16.8 Å². The minimum Gasteiger partial charge on any atom is -0.387 e. The molecule has 0 atom stereocenters. The minimum atomic E-state index is -0.439. The second-order valence-corrected chi connectivity index (χ2v) is 4.35. The van der Waals surface area contributed by atoms with E-state index >= 15 is 0 Å². The van der Waals surface area contributed by atoms with Crippen molar-refractivity contribution in [2.75, 3.05) is 13.2 Å². The number of nitriles is 1. The van der Waals surface area contributed by atoms with E-state index in [1.807, 2.05) is 5.38 Å². The maximum atomic E-state index is 11.3. The zero-order valence-electron chi connectivity index (χ0n) is 8.06. The Labute approximate surface area is 91.4 Å². The molecule has 1 aliphatic rings. The Morgan fingerprint density at radius 3 is 3.20 bits per heavy atom. The van der Waals surface area contributed by atoms with Crippen LogP contribution in [0.2, 0.25) is 0 Å². The zero-order chi connectivity index (χ0) is 10.8. The summed E-state index contributed by atoms with van der Waals surface area (Å²) >= 11 is 1.51. The number of carbonyl (C=O) groups excluding carboxylic acids is 1. The van der Waals surface area contributed by atoms with Gasteiger partial charge < -0.3 is 10.0 Å². The SMILES string of the molecule is N#Cc1csc2c1CCN(C(=O)CO)C2. The first-order valence-corrected chi connectivity index (χ1v) is 5.52. The number of hydrogen-bond acceptors (Lipinski definition) is 4. The van der Waals surface area contributed by atoms with Gasteiger partial charge in [0.1, 0.15) is 12.7 Å². The van der Waals surface area contributed by atoms with E-state index in [9.17, 15) is 4.79 Å². The van der Waals surface area contributed by atoms with E-state index in [1.54, 1.807) is 4.90 Å². The molecule has 1 amide bonds. The van der Waals surface area contributed by atoms with Gasteiger partial charge >= 0.3 is 0 Å². The Hall–Kier alpha value is -1.38. The first-order chi connectivity index (χ1) is 7.26. The summed E-state index contributed by atoms with van der Waals surface area (Å²) in [7, 11) is 0. The Balaban J connectivity index is 2.22. The van der Waals surface area contributed by atoms with Crippen LogP contribution in [0.25, 0.3) is 0 Å². The van der Waals surface area contributed by atoms with Crippen LogP contribution < -0.4 is 0 Å². The van der Waals surface area contributed by atoms with E-state index in [0.717, 1.165) is 16.0 Å². The number of aliphatic hydroxyl groups excluding tert-OH is 1. The predicted molar refractivity (Wildman–Crippen MR) is 55.2 cm³/mol. The van der Waals surface area contributed by atoms with Gasteiger partial charge in [-0.15, -0.1) is 11.3 Å². The fourth-order valence-corrected chi connectivity index (χ4v) is 2.77. The molecule has 1 aromatic heterocycles. The van der Waals surface area contributed by atoms with Gasteiger partial charge in [0.2, 0.25) is 5.91 Å². The molecule has 0 bridgehead atoms. The number of carbonyl (C=O) groups is 1. The summed E-state index contributed by atoms with van der Waals surface area (Å²) in [5.41, 5.74) is 1.80. The molecule has 1 aromatic rings. The van der Waals surface area contributed by atoms with Gasteiger partial charge in [-0.25, -0.2) is 0 Å². The van der Waals surface area contributed by atoms with E-state index in [0.29, 0.717) is 19.5 Å². The fraction of sp³-hybridized carbons (Fsp3) is 0.400. The highest BCUT2D eigenvalue weighted by atomic mass is 32.1. The molecule has 0 fully saturated rings. The smallest absolute Gasteiger partial charge is 0.248 e. The van der Waals surface area contributed by atoms with Gasteiger partial charge in [-0.1, -0.05) is 0 Å². The van der Waals surface area contributed by atoms with Crippen molar-refractivity contribution in [2.24, 2.45) is 0 Å². The molecule has 0 saturated heterocycles. The first kappa shape index (κ1) is 10.1. The monoisotopic (exact) mass is 222 g/mol. The molecule has 0 aliphatic carbocycles. The second kappa shape index (κ2) is 4.01.